The highest BCUT2D eigenvalue weighted by Crippen LogP contribution is 2.45. The van der Waals surface area contributed by atoms with Crippen molar-refractivity contribution in [2.45, 2.75) is 58.8 Å². The van der Waals surface area contributed by atoms with Crippen LogP contribution < -0.4 is 0 Å². The molecular weight excluding hydrogens is 414 g/mol. The molecule has 1 atom stereocenters. The van der Waals surface area contributed by atoms with Crippen LogP contribution in [0.3, 0.4) is 0 Å². The summed E-state index contributed by atoms with van der Waals surface area (Å²) in [7, 11) is 0. The third kappa shape index (κ3) is 4.64. The number of carbonyl (C=O) groups excluding carboxylic acids is 1. The van der Waals surface area contributed by atoms with Gasteiger partial charge in [-0.1, -0.05) is 26.2 Å². The number of hydrogen-bond donors (Lipinski definition) is 1. The highest BCUT2D eigenvalue weighted by atomic mass is 19.1. The van der Waals surface area contributed by atoms with Crippen LogP contribution in [0.4, 0.5) is 8.78 Å². The fourth-order valence-corrected chi connectivity index (χ4v) is 4.83. The Morgan fingerprint density at radius 1 is 1.22 bits per heavy atom. The van der Waals surface area contributed by atoms with Gasteiger partial charge in [-0.25, -0.2) is 23.7 Å². The van der Waals surface area contributed by atoms with Gasteiger partial charge in [-0.05, 0) is 43.6 Å². The van der Waals surface area contributed by atoms with Crippen LogP contribution in [0.5, 0.6) is 0 Å². The smallest absolute Gasteiger partial charge is 0.306 e. The zero-order valence-electron chi connectivity index (χ0n) is 18.5. The molecule has 0 radical (unpaired) electrons. The van der Waals surface area contributed by atoms with Crippen LogP contribution in [0, 0.1) is 23.0 Å². The molecule has 3 aromatic heterocycles. The van der Waals surface area contributed by atoms with E-state index in [4.69, 9.17) is 4.74 Å². The number of ether oxygens (including phenoxy) is 1. The topological polar surface area (TPSA) is 80.8 Å². The summed E-state index contributed by atoms with van der Waals surface area (Å²) in [5, 5.41) is 0.532. The van der Waals surface area contributed by atoms with Crippen LogP contribution in [0.15, 0.2) is 24.7 Å². The van der Waals surface area contributed by atoms with E-state index in [1.54, 1.807) is 13.1 Å². The van der Waals surface area contributed by atoms with E-state index in [9.17, 15) is 13.6 Å². The van der Waals surface area contributed by atoms with Gasteiger partial charge < -0.3 is 9.72 Å². The maximum atomic E-state index is 14.8. The average molecular weight is 443 g/mol. The van der Waals surface area contributed by atoms with Crippen LogP contribution >= 0.6 is 0 Å². The predicted octanol–water partition coefficient (Wildman–Crippen LogP) is 5.38. The number of esters is 1. The van der Waals surface area contributed by atoms with Gasteiger partial charge in [0.2, 0.25) is 0 Å². The third-order valence-corrected chi connectivity index (χ3v) is 6.69. The van der Waals surface area contributed by atoms with Crippen molar-refractivity contribution in [2.24, 2.45) is 11.3 Å². The number of halogens is 2. The second-order valence-electron chi connectivity index (χ2n) is 8.87. The van der Waals surface area contributed by atoms with Gasteiger partial charge in [0.25, 0.3) is 0 Å². The summed E-state index contributed by atoms with van der Waals surface area (Å²) in [4.78, 5) is 28.0. The van der Waals surface area contributed by atoms with Gasteiger partial charge in [0.05, 0.1) is 24.7 Å². The van der Waals surface area contributed by atoms with Gasteiger partial charge in [0.1, 0.15) is 11.5 Å². The Bertz CT molecular complexity index is 1110. The number of nitrogens with zero attached hydrogens (tertiary/aromatic N) is 3. The molecule has 8 heteroatoms. The lowest BCUT2D eigenvalue weighted by Gasteiger charge is -2.40. The van der Waals surface area contributed by atoms with E-state index in [0.717, 1.165) is 38.1 Å². The molecule has 1 saturated carbocycles. The Hall–Kier alpha value is -2.90. The van der Waals surface area contributed by atoms with Crippen molar-refractivity contribution in [3.63, 3.8) is 0 Å². The molecule has 3 aromatic rings. The van der Waals surface area contributed by atoms with Crippen molar-refractivity contribution in [1.82, 2.24) is 19.9 Å². The summed E-state index contributed by atoms with van der Waals surface area (Å²) >= 11 is 0. The van der Waals surface area contributed by atoms with E-state index in [0.29, 0.717) is 35.4 Å². The fourth-order valence-electron chi connectivity index (χ4n) is 4.83. The van der Waals surface area contributed by atoms with Crippen LogP contribution in [-0.2, 0) is 16.0 Å². The molecule has 0 bridgehead atoms. The van der Waals surface area contributed by atoms with Crippen molar-refractivity contribution in [1.29, 1.82) is 0 Å². The maximum Gasteiger partial charge on any atom is 0.306 e. The largest absolute Gasteiger partial charge is 0.466 e. The van der Waals surface area contributed by atoms with E-state index in [2.05, 4.69) is 26.9 Å². The molecule has 0 spiro atoms. The first-order chi connectivity index (χ1) is 15.4. The van der Waals surface area contributed by atoms with Crippen LogP contribution in [-0.4, -0.2) is 32.5 Å². The van der Waals surface area contributed by atoms with E-state index in [1.807, 2.05) is 0 Å². The Morgan fingerprint density at radius 2 is 2.00 bits per heavy atom. The standard InChI is InChI=1S/C24H28F2N4O2/c1-3-32-21(31)10-15(24(2)7-5-4-6-8-24)9-20-19(26)14-29-23(30-20)18-13-28-22-17(18)11-16(25)12-27-22/h11-15H,3-10H2,1-2H3,(H,27,28). The Kier molecular flexibility index (Phi) is 6.48. The number of rotatable bonds is 7. The van der Waals surface area contributed by atoms with Crippen molar-refractivity contribution < 1.29 is 18.3 Å². The Morgan fingerprint density at radius 3 is 2.75 bits per heavy atom. The van der Waals surface area contributed by atoms with Gasteiger partial charge in [-0.15, -0.1) is 0 Å². The van der Waals surface area contributed by atoms with Gasteiger partial charge in [-0.2, -0.15) is 0 Å². The summed E-state index contributed by atoms with van der Waals surface area (Å²) in [6, 6.07) is 1.35. The van der Waals surface area contributed by atoms with E-state index < -0.39 is 11.6 Å². The molecule has 32 heavy (non-hydrogen) atoms. The number of aromatic nitrogens is 4. The molecule has 1 aliphatic rings. The summed E-state index contributed by atoms with van der Waals surface area (Å²) in [5.74, 6) is -1.05. The number of nitrogens with one attached hydrogen (secondary N) is 1. The number of pyridine rings is 1. The molecule has 4 rings (SSSR count). The lowest BCUT2D eigenvalue weighted by atomic mass is 9.65. The second kappa shape index (κ2) is 9.30. The molecule has 0 amide bonds. The summed E-state index contributed by atoms with van der Waals surface area (Å²) in [5.41, 5.74) is 1.23. The number of carbonyl (C=O) groups is 1. The normalized spacial score (nSPS) is 16.8. The Balaban J connectivity index is 1.67. The maximum absolute atomic E-state index is 14.8. The van der Waals surface area contributed by atoms with Crippen molar-refractivity contribution >= 4 is 17.0 Å². The minimum Gasteiger partial charge on any atom is -0.466 e. The molecule has 170 valence electrons. The highest BCUT2D eigenvalue weighted by Gasteiger charge is 2.37. The molecule has 3 heterocycles. The zero-order valence-corrected chi connectivity index (χ0v) is 18.5. The lowest BCUT2D eigenvalue weighted by molar-refractivity contribution is -0.145. The van der Waals surface area contributed by atoms with Crippen LogP contribution in [0.1, 0.15) is 58.1 Å². The van der Waals surface area contributed by atoms with Crippen molar-refractivity contribution in [2.75, 3.05) is 6.61 Å². The first-order valence-electron chi connectivity index (χ1n) is 11.2. The van der Waals surface area contributed by atoms with E-state index >= 15 is 0 Å². The molecule has 0 aromatic carbocycles. The second-order valence-corrected chi connectivity index (χ2v) is 8.87. The quantitative estimate of drug-likeness (QED) is 0.497. The first-order valence-corrected chi connectivity index (χ1v) is 11.2. The van der Waals surface area contributed by atoms with Crippen LogP contribution in [0.2, 0.25) is 0 Å². The number of fused-ring (bicyclic) bond motifs is 1. The minimum atomic E-state index is -0.508. The van der Waals surface area contributed by atoms with Gasteiger partial charge in [0, 0.05) is 23.6 Å². The zero-order chi connectivity index (χ0) is 22.7. The number of hydrogen-bond acceptors (Lipinski definition) is 5. The predicted molar refractivity (Wildman–Crippen MR) is 117 cm³/mol. The van der Waals surface area contributed by atoms with Crippen molar-refractivity contribution in [3.8, 4) is 11.4 Å². The minimum absolute atomic E-state index is 0.0869. The molecule has 1 aliphatic carbocycles. The number of aromatic amines is 1. The van der Waals surface area contributed by atoms with E-state index in [1.165, 1.54) is 12.5 Å². The monoisotopic (exact) mass is 442 g/mol. The highest BCUT2D eigenvalue weighted by molar-refractivity contribution is 5.91. The summed E-state index contributed by atoms with van der Waals surface area (Å²) < 4.78 is 33.7. The molecule has 1 unspecified atom stereocenters. The Labute approximate surface area is 185 Å². The molecular formula is C24H28F2N4O2. The molecule has 1 fully saturated rings. The lowest BCUT2D eigenvalue weighted by Crippen LogP contribution is -2.34. The first kappa shape index (κ1) is 22.3. The third-order valence-electron chi connectivity index (χ3n) is 6.69. The number of H-pyrrole nitrogens is 1. The SMILES string of the molecule is CCOC(=O)CC(Cc1nc(-c2c[nH]c3ncc(F)cc23)ncc1F)C1(C)CCCCC1. The average Bonchev–Trinajstić information content (AvgIpc) is 3.18. The van der Waals surface area contributed by atoms with E-state index in [-0.39, 0.29) is 29.4 Å². The molecule has 0 aliphatic heterocycles. The summed E-state index contributed by atoms with van der Waals surface area (Å²) in [6.07, 6.45) is 9.82. The molecule has 6 nitrogen and oxygen atoms in total. The van der Waals surface area contributed by atoms with Gasteiger partial charge >= 0.3 is 5.97 Å². The summed E-state index contributed by atoms with van der Waals surface area (Å²) in [6.45, 7) is 4.29. The van der Waals surface area contributed by atoms with Crippen LogP contribution in [0.25, 0.3) is 22.4 Å². The fraction of sp³-hybridized carbons (Fsp3) is 0.500. The van der Waals surface area contributed by atoms with Gasteiger partial charge in [-0.3, -0.25) is 4.79 Å². The molecule has 0 saturated heterocycles. The van der Waals surface area contributed by atoms with Gasteiger partial charge in [0.15, 0.2) is 11.6 Å². The molecule has 1 N–H and O–H groups in total. The van der Waals surface area contributed by atoms with Crippen molar-refractivity contribution in [3.05, 3.63) is 42.0 Å².